The average molecular weight is 275 g/mol. The molecule has 4 nitrogen and oxygen atoms in total. The molecule has 1 aliphatic carbocycles. The predicted octanol–water partition coefficient (Wildman–Crippen LogP) is 2.80. The third-order valence-electron chi connectivity index (χ3n) is 4.00. The van der Waals surface area contributed by atoms with Crippen molar-refractivity contribution in [1.82, 2.24) is 10.3 Å². The summed E-state index contributed by atoms with van der Waals surface area (Å²) in [6.45, 7) is 2.97. The number of nitrogens with two attached hydrogens (primary N) is 1. The third-order valence-corrected chi connectivity index (χ3v) is 4.85. The SMILES string of the molecule is CCC1(CNC(=O)c2ccc3nc(N)sc3c2)CC1. The molecule has 5 heteroatoms. The van der Waals surface area contributed by atoms with Gasteiger partial charge in [0.1, 0.15) is 0 Å². The summed E-state index contributed by atoms with van der Waals surface area (Å²) in [6, 6.07) is 5.52. The van der Waals surface area contributed by atoms with Crippen LogP contribution in [0.2, 0.25) is 0 Å². The van der Waals surface area contributed by atoms with E-state index < -0.39 is 0 Å². The Morgan fingerprint density at radius 1 is 1.53 bits per heavy atom. The molecule has 0 radical (unpaired) electrons. The zero-order chi connectivity index (χ0) is 13.5. The molecule has 0 saturated heterocycles. The summed E-state index contributed by atoms with van der Waals surface area (Å²) in [5.74, 6) is -0.00593. The highest BCUT2D eigenvalue weighted by Crippen LogP contribution is 2.47. The molecule has 19 heavy (non-hydrogen) atoms. The highest BCUT2D eigenvalue weighted by molar-refractivity contribution is 7.22. The van der Waals surface area contributed by atoms with Crippen LogP contribution in [0.5, 0.6) is 0 Å². The number of amides is 1. The Balaban J connectivity index is 1.74. The fourth-order valence-electron chi connectivity index (χ4n) is 2.29. The Morgan fingerprint density at radius 2 is 2.32 bits per heavy atom. The molecular formula is C14H17N3OS. The highest BCUT2D eigenvalue weighted by Gasteiger charge is 2.40. The molecule has 1 aromatic heterocycles. The first-order valence-electron chi connectivity index (χ1n) is 6.56. The number of anilines is 1. The molecule has 3 rings (SSSR count). The smallest absolute Gasteiger partial charge is 0.251 e. The second-order valence-electron chi connectivity index (χ2n) is 5.27. The summed E-state index contributed by atoms with van der Waals surface area (Å²) < 4.78 is 0.960. The van der Waals surface area contributed by atoms with Gasteiger partial charge in [0.05, 0.1) is 10.2 Å². The van der Waals surface area contributed by atoms with E-state index in [0.717, 1.165) is 23.2 Å². The summed E-state index contributed by atoms with van der Waals surface area (Å²) in [5, 5.41) is 3.58. The minimum Gasteiger partial charge on any atom is -0.375 e. The van der Waals surface area contributed by atoms with Gasteiger partial charge in [0.15, 0.2) is 5.13 Å². The average Bonchev–Trinajstić information content (AvgIpc) is 3.10. The molecule has 0 unspecified atom stereocenters. The van der Waals surface area contributed by atoms with Crippen LogP contribution in [-0.2, 0) is 0 Å². The van der Waals surface area contributed by atoms with Crippen molar-refractivity contribution in [3.63, 3.8) is 0 Å². The van der Waals surface area contributed by atoms with Crippen LogP contribution < -0.4 is 11.1 Å². The molecule has 100 valence electrons. The maximum absolute atomic E-state index is 12.1. The molecular weight excluding hydrogens is 258 g/mol. The lowest BCUT2D eigenvalue weighted by atomic mass is 10.0. The van der Waals surface area contributed by atoms with Gasteiger partial charge in [-0.1, -0.05) is 18.3 Å². The maximum Gasteiger partial charge on any atom is 0.251 e. The maximum atomic E-state index is 12.1. The molecule has 3 N–H and O–H groups in total. The van der Waals surface area contributed by atoms with Crippen molar-refractivity contribution < 1.29 is 4.79 Å². The number of rotatable bonds is 4. The topological polar surface area (TPSA) is 68.0 Å². The first-order chi connectivity index (χ1) is 9.12. The van der Waals surface area contributed by atoms with E-state index in [1.54, 1.807) is 0 Å². The molecule has 0 aliphatic heterocycles. The number of nitrogens with zero attached hydrogens (tertiary/aromatic N) is 1. The zero-order valence-electron chi connectivity index (χ0n) is 10.9. The fourth-order valence-corrected chi connectivity index (χ4v) is 3.06. The van der Waals surface area contributed by atoms with Gasteiger partial charge in [-0.05, 0) is 42.9 Å². The molecule has 1 saturated carbocycles. The number of carbonyl (C=O) groups is 1. The van der Waals surface area contributed by atoms with Crippen LogP contribution in [0, 0.1) is 5.41 Å². The van der Waals surface area contributed by atoms with E-state index in [9.17, 15) is 4.79 Å². The van der Waals surface area contributed by atoms with Gasteiger partial charge >= 0.3 is 0 Å². The number of aromatic nitrogens is 1. The number of hydrogen-bond acceptors (Lipinski definition) is 4. The van der Waals surface area contributed by atoms with Crippen molar-refractivity contribution in [1.29, 1.82) is 0 Å². The van der Waals surface area contributed by atoms with E-state index in [1.807, 2.05) is 18.2 Å². The second kappa shape index (κ2) is 4.49. The Labute approximate surface area is 116 Å². The number of nitrogens with one attached hydrogen (secondary N) is 1. The Hall–Kier alpha value is -1.62. The lowest BCUT2D eigenvalue weighted by molar-refractivity contribution is 0.0944. The largest absolute Gasteiger partial charge is 0.375 e. The molecule has 1 aromatic carbocycles. The first kappa shape index (κ1) is 12.4. The normalized spacial score (nSPS) is 16.5. The van der Waals surface area contributed by atoms with Crippen LogP contribution in [0.25, 0.3) is 10.2 Å². The molecule has 1 amide bonds. The molecule has 1 aliphatic rings. The zero-order valence-corrected chi connectivity index (χ0v) is 11.7. The van der Waals surface area contributed by atoms with Crippen LogP contribution in [0.3, 0.4) is 0 Å². The van der Waals surface area contributed by atoms with Gasteiger partial charge < -0.3 is 11.1 Å². The fraction of sp³-hybridized carbons (Fsp3) is 0.429. The van der Waals surface area contributed by atoms with Gasteiger partial charge in [-0.15, -0.1) is 0 Å². The number of benzene rings is 1. The first-order valence-corrected chi connectivity index (χ1v) is 7.38. The predicted molar refractivity (Wildman–Crippen MR) is 78.3 cm³/mol. The Kier molecular flexibility index (Phi) is 2.93. The van der Waals surface area contributed by atoms with Crippen molar-refractivity contribution in [2.24, 2.45) is 5.41 Å². The summed E-state index contributed by atoms with van der Waals surface area (Å²) in [6.07, 6.45) is 3.60. The van der Waals surface area contributed by atoms with Gasteiger partial charge in [0.2, 0.25) is 0 Å². The molecule has 0 atom stereocenters. The van der Waals surface area contributed by atoms with Gasteiger partial charge in [-0.2, -0.15) is 0 Å². The quantitative estimate of drug-likeness (QED) is 0.901. The summed E-state index contributed by atoms with van der Waals surface area (Å²) >= 11 is 1.41. The van der Waals surface area contributed by atoms with Crippen LogP contribution in [-0.4, -0.2) is 17.4 Å². The van der Waals surface area contributed by atoms with E-state index in [0.29, 0.717) is 16.1 Å². The van der Waals surface area contributed by atoms with Crippen molar-refractivity contribution in [3.05, 3.63) is 23.8 Å². The van der Waals surface area contributed by atoms with Crippen LogP contribution >= 0.6 is 11.3 Å². The van der Waals surface area contributed by atoms with Gasteiger partial charge in [0.25, 0.3) is 5.91 Å². The van der Waals surface area contributed by atoms with E-state index in [2.05, 4.69) is 17.2 Å². The Morgan fingerprint density at radius 3 is 3.00 bits per heavy atom. The summed E-state index contributed by atoms with van der Waals surface area (Å²) in [4.78, 5) is 16.3. The number of fused-ring (bicyclic) bond motifs is 1. The third kappa shape index (κ3) is 2.42. The minimum atomic E-state index is -0.00593. The number of carbonyl (C=O) groups excluding carboxylic acids is 1. The molecule has 1 heterocycles. The van der Waals surface area contributed by atoms with E-state index in [4.69, 9.17) is 5.73 Å². The molecule has 1 fully saturated rings. The van der Waals surface area contributed by atoms with Gasteiger partial charge in [-0.25, -0.2) is 4.98 Å². The van der Waals surface area contributed by atoms with Crippen LogP contribution in [0.4, 0.5) is 5.13 Å². The standard InChI is InChI=1S/C14H17N3OS/c1-2-14(5-6-14)8-16-12(18)9-3-4-10-11(7-9)19-13(15)17-10/h3-4,7H,2,5-6,8H2,1H3,(H2,15,17)(H,16,18). The lowest BCUT2D eigenvalue weighted by Crippen LogP contribution is -2.29. The van der Waals surface area contributed by atoms with E-state index in [-0.39, 0.29) is 5.91 Å². The van der Waals surface area contributed by atoms with Gasteiger partial charge in [-0.3, -0.25) is 4.79 Å². The van der Waals surface area contributed by atoms with E-state index in [1.165, 1.54) is 24.2 Å². The minimum absolute atomic E-state index is 0.00593. The monoisotopic (exact) mass is 275 g/mol. The van der Waals surface area contributed by atoms with Crippen LogP contribution in [0.15, 0.2) is 18.2 Å². The number of hydrogen-bond donors (Lipinski definition) is 2. The highest BCUT2D eigenvalue weighted by atomic mass is 32.1. The number of thiazole rings is 1. The molecule has 2 aromatic rings. The summed E-state index contributed by atoms with van der Waals surface area (Å²) in [5.41, 5.74) is 7.57. The lowest BCUT2D eigenvalue weighted by Gasteiger charge is -2.13. The van der Waals surface area contributed by atoms with Crippen LogP contribution in [0.1, 0.15) is 36.5 Å². The number of nitrogen functional groups attached to an aromatic ring is 1. The Bertz CT molecular complexity index is 631. The van der Waals surface area contributed by atoms with Gasteiger partial charge in [0, 0.05) is 12.1 Å². The van der Waals surface area contributed by atoms with Crippen molar-refractivity contribution in [2.75, 3.05) is 12.3 Å². The van der Waals surface area contributed by atoms with Crippen molar-refractivity contribution in [3.8, 4) is 0 Å². The molecule has 0 bridgehead atoms. The summed E-state index contributed by atoms with van der Waals surface area (Å²) in [7, 11) is 0. The molecule has 0 spiro atoms. The van der Waals surface area contributed by atoms with Crippen molar-refractivity contribution in [2.45, 2.75) is 26.2 Å². The second-order valence-corrected chi connectivity index (χ2v) is 6.33. The van der Waals surface area contributed by atoms with Crippen molar-refractivity contribution >= 4 is 32.6 Å². The van der Waals surface area contributed by atoms with E-state index >= 15 is 0 Å².